The van der Waals surface area contributed by atoms with E-state index < -0.39 is 0 Å². The predicted molar refractivity (Wildman–Crippen MR) is 98.4 cm³/mol. The minimum atomic E-state index is -0.169. The molecule has 1 aliphatic heterocycles. The van der Waals surface area contributed by atoms with E-state index in [0.29, 0.717) is 6.61 Å². The van der Waals surface area contributed by atoms with Gasteiger partial charge in [0, 0.05) is 25.2 Å². The van der Waals surface area contributed by atoms with Crippen molar-refractivity contribution in [2.24, 2.45) is 0 Å². The number of morpholine rings is 1. The molecule has 0 spiro atoms. The van der Waals surface area contributed by atoms with Gasteiger partial charge in [-0.25, -0.2) is 0 Å². The van der Waals surface area contributed by atoms with E-state index in [1.165, 1.54) is 0 Å². The highest BCUT2D eigenvalue weighted by Gasteiger charge is 2.25. The number of rotatable bonds is 7. The molecule has 1 aliphatic rings. The lowest BCUT2D eigenvalue weighted by Gasteiger charge is -2.30. The Morgan fingerprint density at radius 3 is 2.40 bits per heavy atom. The molecule has 132 valence electrons. The van der Waals surface area contributed by atoms with Gasteiger partial charge in [0.05, 0.1) is 25.7 Å². The summed E-state index contributed by atoms with van der Waals surface area (Å²) in [5, 5.41) is 0. The first-order valence-electron chi connectivity index (χ1n) is 8.90. The lowest BCUT2D eigenvalue weighted by atomic mass is 9.90. The number of nitrogens with zero attached hydrogens (tertiary/aromatic N) is 1. The van der Waals surface area contributed by atoms with Crippen LogP contribution in [-0.2, 0) is 4.74 Å². The van der Waals surface area contributed by atoms with Gasteiger partial charge >= 0.3 is 0 Å². The third-order valence-corrected chi connectivity index (χ3v) is 4.51. The van der Waals surface area contributed by atoms with E-state index in [0.717, 1.165) is 49.7 Å². The SMILES string of the molecule is CCOc1ccc(C(=O)[C@H](CN2CCOCC2)c2ccccc2)cc1. The fraction of sp³-hybridized carbons (Fsp3) is 0.381. The number of carbonyl (C=O) groups is 1. The van der Waals surface area contributed by atoms with Crippen molar-refractivity contribution < 1.29 is 14.3 Å². The van der Waals surface area contributed by atoms with Crippen LogP contribution in [0.25, 0.3) is 0 Å². The number of hydrogen-bond acceptors (Lipinski definition) is 4. The Balaban J connectivity index is 1.81. The van der Waals surface area contributed by atoms with Crippen molar-refractivity contribution in [3.8, 4) is 5.75 Å². The maximum absolute atomic E-state index is 13.2. The van der Waals surface area contributed by atoms with E-state index in [9.17, 15) is 4.79 Å². The molecule has 0 aromatic heterocycles. The summed E-state index contributed by atoms with van der Waals surface area (Å²) in [6, 6.07) is 17.5. The van der Waals surface area contributed by atoms with Gasteiger partial charge in [-0.2, -0.15) is 0 Å². The number of ether oxygens (including phenoxy) is 2. The molecule has 2 aromatic rings. The van der Waals surface area contributed by atoms with Gasteiger partial charge in [-0.3, -0.25) is 9.69 Å². The summed E-state index contributed by atoms with van der Waals surface area (Å²) in [7, 11) is 0. The summed E-state index contributed by atoms with van der Waals surface area (Å²) in [6.45, 7) is 6.51. The van der Waals surface area contributed by atoms with Crippen molar-refractivity contribution in [1.82, 2.24) is 4.90 Å². The van der Waals surface area contributed by atoms with Crippen LogP contribution in [0.3, 0.4) is 0 Å². The molecule has 0 amide bonds. The second-order valence-electron chi connectivity index (χ2n) is 6.20. The summed E-state index contributed by atoms with van der Waals surface area (Å²) in [5.41, 5.74) is 1.79. The average molecular weight is 339 g/mol. The first kappa shape index (κ1) is 17.6. The van der Waals surface area contributed by atoms with Gasteiger partial charge in [0.15, 0.2) is 5.78 Å². The molecule has 0 unspecified atom stereocenters. The molecule has 1 heterocycles. The van der Waals surface area contributed by atoms with Crippen LogP contribution >= 0.6 is 0 Å². The van der Waals surface area contributed by atoms with Gasteiger partial charge in [-0.05, 0) is 36.8 Å². The summed E-state index contributed by atoms with van der Waals surface area (Å²) in [5.74, 6) is 0.779. The average Bonchev–Trinajstić information content (AvgIpc) is 2.68. The molecule has 2 aromatic carbocycles. The molecule has 0 bridgehead atoms. The first-order chi connectivity index (χ1) is 12.3. The van der Waals surface area contributed by atoms with Gasteiger partial charge < -0.3 is 9.47 Å². The van der Waals surface area contributed by atoms with Crippen molar-refractivity contribution >= 4 is 5.78 Å². The molecule has 4 heteroatoms. The second-order valence-corrected chi connectivity index (χ2v) is 6.20. The Kier molecular flexibility index (Phi) is 6.20. The Morgan fingerprint density at radius 1 is 1.08 bits per heavy atom. The van der Waals surface area contributed by atoms with E-state index in [1.54, 1.807) is 0 Å². The maximum atomic E-state index is 13.2. The maximum Gasteiger partial charge on any atom is 0.171 e. The summed E-state index contributed by atoms with van der Waals surface area (Å²) in [4.78, 5) is 15.5. The second kappa shape index (κ2) is 8.79. The molecule has 0 radical (unpaired) electrons. The van der Waals surface area contributed by atoms with Gasteiger partial charge in [-0.1, -0.05) is 30.3 Å². The Labute approximate surface area is 149 Å². The molecule has 1 fully saturated rings. The highest BCUT2D eigenvalue weighted by molar-refractivity contribution is 6.01. The molecular formula is C21H25NO3. The van der Waals surface area contributed by atoms with Crippen molar-refractivity contribution in [3.63, 3.8) is 0 Å². The third kappa shape index (κ3) is 4.68. The zero-order valence-corrected chi connectivity index (χ0v) is 14.7. The normalized spacial score (nSPS) is 16.4. The number of ketones is 1. The van der Waals surface area contributed by atoms with Crippen molar-refractivity contribution in [2.75, 3.05) is 39.5 Å². The van der Waals surface area contributed by atoms with Crippen molar-refractivity contribution in [1.29, 1.82) is 0 Å². The van der Waals surface area contributed by atoms with E-state index in [-0.39, 0.29) is 11.7 Å². The van der Waals surface area contributed by atoms with Crippen molar-refractivity contribution in [2.45, 2.75) is 12.8 Å². The zero-order chi connectivity index (χ0) is 17.5. The van der Waals surface area contributed by atoms with Crippen LogP contribution in [-0.4, -0.2) is 50.1 Å². The molecule has 1 saturated heterocycles. The molecule has 0 N–H and O–H groups in total. The largest absolute Gasteiger partial charge is 0.494 e. The van der Waals surface area contributed by atoms with Gasteiger partial charge in [0.25, 0.3) is 0 Å². The number of Topliss-reactive ketones (excluding diaryl/α,β-unsaturated/α-hetero) is 1. The van der Waals surface area contributed by atoms with Crippen LogP contribution < -0.4 is 4.74 Å². The zero-order valence-electron chi connectivity index (χ0n) is 14.7. The van der Waals surface area contributed by atoms with Crippen LogP contribution in [0.1, 0.15) is 28.8 Å². The number of carbonyl (C=O) groups excluding carboxylic acids is 1. The van der Waals surface area contributed by atoms with Gasteiger partial charge in [0.2, 0.25) is 0 Å². The summed E-state index contributed by atoms with van der Waals surface area (Å²) in [6.07, 6.45) is 0. The van der Waals surface area contributed by atoms with Crippen LogP contribution in [0.4, 0.5) is 0 Å². The predicted octanol–water partition coefficient (Wildman–Crippen LogP) is 3.38. The highest BCUT2D eigenvalue weighted by Crippen LogP contribution is 2.24. The van der Waals surface area contributed by atoms with E-state index in [2.05, 4.69) is 4.90 Å². The summed E-state index contributed by atoms with van der Waals surface area (Å²) < 4.78 is 10.9. The molecule has 0 aliphatic carbocycles. The minimum Gasteiger partial charge on any atom is -0.494 e. The Morgan fingerprint density at radius 2 is 1.76 bits per heavy atom. The lowest BCUT2D eigenvalue weighted by molar-refractivity contribution is 0.0345. The number of benzene rings is 2. The van der Waals surface area contributed by atoms with Crippen LogP contribution in [0.15, 0.2) is 54.6 Å². The molecule has 3 rings (SSSR count). The number of hydrogen-bond donors (Lipinski definition) is 0. The quantitative estimate of drug-likeness (QED) is 0.725. The Bertz CT molecular complexity index is 663. The monoisotopic (exact) mass is 339 g/mol. The minimum absolute atomic E-state index is 0.153. The van der Waals surface area contributed by atoms with Crippen molar-refractivity contribution in [3.05, 3.63) is 65.7 Å². The molecular weight excluding hydrogens is 314 g/mol. The van der Waals surface area contributed by atoms with E-state index >= 15 is 0 Å². The van der Waals surface area contributed by atoms with Crippen LogP contribution in [0.5, 0.6) is 5.75 Å². The summed E-state index contributed by atoms with van der Waals surface area (Å²) >= 11 is 0. The molecule has 1 atom stereocenters. The standard InChI is InChI=1S/C21H25NO3/c1-2-25-19-10-8-18(9-11-19)21(23)20(17-6-4-3-5-7-17)16-22-12-14-24-15-13-22/h3-11,20H,2,12-16H2,1H3/t20-/m1/s1. The smallest absolute Gasteiger partial charge is 0.171 e. The van der Waals surface area contributed by atoms with E-state index in [1.807, 2.05) is 61.5 Å². The fourth-order valence-corrected chi connectivity index (χ4v) is 3.15. The fourth-order valence-electron chi connectivity index (χ4n) is 3.15. The van der Waals surface area contributed by atoms with Crippen LogP contribution in [0.2, 0.25) is 0 Å². The van der Waals surface area contributed by atoms with E-state index in [4.69, 9.17) is 9.47 Å². The third-order valence-electron chi connectivity index (χ3n) is 4.51. The lowest BCUT2D eigenvalue weighted by Crippen LogP contribution is -2.40. The molecule has 0 saturated carbocycles. The first-order valence-corrected chi connectivity index (χ1v) is 8.90. The van der Waals surface area contributed by atoms with Gasteiger partial charge in [0.1, 0.15) is 5.75 Å². The van der Waals surface area contributed by atoms with Gasteiger partial charge in [-0.15, -0.1) is 0 Å². The highest BCUT2D eigenvalue weighted by atomic mass is 16.5. The molecule has 4 nitrogen and oxygen atoms in total. The topological polar surface area (TPSA) is 38.8 Å². The van der Waals surface area contributed by atoms with Crippen LogP contribution in [0, 0.1) is 0 Å². The Hall–Kier alpha value is -2.17. The molecule has 25 heavy (non-hydrogen) atoms.